The first kappa shape index (κ1) is 35.8. The summed E-state index contributed by atoms with van der Waals surface area (Å²) in [5.74, 6) is -6.89. The van der Waals surface area contributed by atoms with E-state index in [1.54, 1.807) is 0 Å². The summed E-state index contributed by atoms with van der Waals surface area (Å²) >= 11 is 0. The number of carbonyl (C=O) groups is 2. The molecule has 0 aliphatic carbocycles. The summed E-state index contributed by atoms with van der Waals surface area (Å²) < 4.78 is 50.0. The van der Waals surface area contributed by atoms with Gasteiger partial charge in [0.2, 0.25) is 17.3 Å². The second-order valence-corrected chi connectivity index (χ2v) is 13.6. The molecular formula is C22H29N7O17P2. The van der Waals surface area contributed by atoms with Gasteiger partial charge in [-0.3, -0.25) is 18.4 Å². The number of hydrogen-bond donors (Lipinski definition) is 10. The third kappa shape index (κ3) is 6.47. The Morgan fingerprint density at radius 1 is 1.06 bits per heavy atom. The number of carbonyl (C=O) groups excluding carboxylic acids is 1. The minimum atomic E-state index is -5.85. The average molecular weight is 725 g/mol. The fraction of sp³-hybridized carbons (Fsp3) is 0.500. The molecule has 5 heterocycles. The van der Waals surface area contributed by atoms with Crippen molar-refractivity contribution in [3.05, 3.63) is 36.7 Å². The molecule has 0 saturated carbocycles. The smallest absolute Gasteiger partial charge is 0.479 e. The molecule has 26 heteroatoms. The van der Waals surface area contributed by atoms with Gasteiger partial charge in [-0.2, -0.15) is 4.31 Å². The summed E-state index contributed by atoms with van der Waals surface area (Å²) in [5.41, 5.74) is 7.47. The number of nitrogens with two attached hydrogens (primary N) is 2. The number of carboxylic acids is 1. The lowest BCUT2D eigenvalue weighted by Gasteiger charge is -2.33. The normalized spacial score (nSPS) is 32.6. The number of phosphoric ester groups is 2. The fourth-order valence-electron chi connectivity index (χ4n) is 5.00. The summed E-state index contributed by atoms with van der Waals surface area (Å²) in [6, 6.07) is 0. The zero-order valence-corrected chi connectivity index (χ0v) is 25.8. The van der Waals surface area contributed by atoms with Crippen LogP contribution in [0.1, 0.15) is 12.6 Å². The lowest BCUT2D eigenvalue weighted by molar-refractivity contribution is -0.273. The lowest BCUT2D eigenvalue weighted by Crippen LogP contribution is -2.63. The van der Waals surface area contributed by atoms with E-state index in [4.69, 9.17) is 20.9 Å². The van der Waals surface area contributed by atoms with Gasteiger partial charge in [0.25, 0.3) is 0 Å². The van der Waals surface area contributed by atoms with Crippen LogP contribution in [0, 0.1) is 0 Å². The first-order valence-electron chi connectivity index (χ1n) is 13.4. The van der Waals surface area contributed by atoms with Crippen molar-refractivity contribution in [3.63, 3.8) is 0 Å². The Bertz CT molecular complexity index is 1750. The van der Waals surface area contributed by atoms with Gasteiger partial charge in [-0.15, -0.1) is 0 Å². The Morgan fingerprint density at radius 2 is 1.75 bits per heavy atom. The number of amides is 1. The number of nitrogen functional groups attached to an aromatic ring is 1. The molecule has 0 spiro atoms. The van der Waals surface area contributed by atoms with Crippen LogP contribution in [0.4, 0.5) is 5.82 Å². The van der Waals surface area contributed by atoms with Crippen molar-refractivity contribution in [2.45, 2.75) is 54.7 Å². The zero-order chi connectivity index (χ0) is 35.4. The molecule has 3 aliphatic rings. The zero-order valence-electron chi connectivity index (χ0n) is 24.0. The number of hydrogen-bond acceptors (Lipinski definition) is 19. The Hall–Kier alpha value is -3.45. The van der Waals surface area contributed by atoms with E-state index in [2.05, 4.69) is 28.3 Å². The molecule has 2 fully saturated rings. The van der Waals surface area contributed by atoms with Crippen LogP contribution in [0.3, 0.4) is 0 Å². The third-order valence-electron chi connectivity index (χ3n) is 7.51. The molecular weight excluding hydrogens is 696 g/mol. The monoisotopic (exact) mass is 725 g/mol. The number of aliphatic hydroxyl groups excluding tert-OH is 3. The second-order valence-electron chi connectivity index (χ2n) is 10.6. The molecule has 264 valence electrons. The van der Waals surface area contributed by atoms with Crippen molar-refractivity contribution in [1.29, 1.82) is 0 Å². The maximum Gasteiger partial charge on any atom is 0.481 e. The number of nitrogens with zero attached hydrogens (tertiary/aromatic N) is 5. The van der Waals surface area contributed by atoms with Crippen molar-refractivity contribution in [2.75, 3.05) is 18.9 Å². The minimum Gasteiger partial charge on any atom is -0.479 e. The van der Waals surface area contributed by atoms with Crippen molar-refractivity contribution in [1.82, 2.24) is 24.4 Å². The summed E-state index contributed by atoms with van der Waals surface area (Å²) in [5, 5.41) is 62.7. The van der Waals surface area contributed by atoms with Crippen LogP contribution in [0.15, 0.2) is 36.7 Å². The van der Waals surface area contributed by atoms with Gasteiger partial charge in [0.1, 0.15) is 36.8 Å². The molecule has 0 aromatic carbocycles. The quantitative estimate of drug-likeness (QED) is 0.0738. The highest BCUT2D eigenvalue weighted by Gasteiger charge is 2.71. The van der Waals surface area contributed by atoms with Crippen LogP contribution in [0.2, 0.25) is 0 Å². The van der Waals surface area contributed by atoms with Gasteiger partial charge in [0.15, 0.2) is 30.0 Å². The van der Waals surface area contributed by atoms with E-state index in [1.807, 2.05) is 0 Å². The van der Waals surface area contributed by atoms with Crippen LogP contribution in [0.5, 0.6) is 0 Å². The molecule has 1 amide bonds. The Balaban J connectivity index is 1.25. The molecule has 2 unspecified atom stereocenters. The van der Waals surface area contributed by atoms with Gasteiger partial charge in [0.05, 0.1) is 12.9 Å². The van der Waals surface area contributed by atoms with Crippen molar-refractivity contribution < 1.29 is 82.0 Å². The van der Waals surface area contributed by atoms with Crippen LogP contribution < -0.4 is 11.5 Å². The second kappa shape index (κ2) is 12.8. The number of phosphoric acid groups is 2. The molecule has 24 nitrogen and oxygen atoms in total. The summed E-state index contributed by atoms with van der Waals surface area (Å²) in [6.07, 6.45) is -4.49. The summed E-state index contributed by atoms with van der Waals surface area (Å²) in [6.45, 7) is -2.82. The maximum atomic E-state index is 12.6. The summed E-state index contributed by atoms with van der Waals surface area (Å²) in [4.78, 5) is 56.7. The van der Waals surface area contributed by atoms with Gasteiger partial charge in [-0.05, 0) is 6.42 Å². The molecule has 2 aromatic rings. The van der Waals surface area contributed by atoms with E-state index in [9.17, 15) is 59.1 Å². The van der Waals surface area contributed by atoms with Crippen LogP contribution in [-0.2, 0) is 41.6 Å². The number of ether oxygens (including phenoxy) is 2. The number of anilines is 1. The Morgan fingerprint density at radius 3 is 2.42 bits per heavy atom. The first-order chi connectivity index (χ1) is 22.3. The molecule has 3 aliphatic heterocycles. The average Bonchev–Trinajstić information content (AvgIpc) is 3.62. The number of aliphatic hydroxyl groups is 5. The lowest BCUT2D eigenvalue weighted by atomic mass is 9.92. The predicted octanol–water partition coefficient (Wildman–Crippen LogP) is -3.91. The van der Waals surface area contributed by atoms with Crippen molar-refractivity contribution in [3.8, 4) is 0 Å². The number of aromatic nitrogens is 4. The Labute approximate surface area is 267 Å². The van der Waals surface area contributed by atoms with E-state index in [0.717, 1.165) is 17.2 Å². The van der Waals surface area contributed by atoms with Crippen LogP contribution >= 0.6 is 15.6 Å². The van der Waals surface area contributed by atoms with E-state index < -0.39 is 89.0 Å². The molecule has 48 heavy (non-hydrogen) atoms. The topological polar surface area (TPSA) is 375 Å². The highest BCUT2D eigenvalue weighted by molar-refractivity contribution is 7.61. The van der Waals surface area contributed by atoms with Gasteiger partial charge in [-0.1, -0.05) is 6.08 Å². The maximum absolute atomic E-state index is 12.6. The molecule has 12 N–H and O–H groups in total. The van der Waals surface area contributed by atoms with Gasteiger partial charge < -0.3 is 66.3 Å². The van der Waals surface area contributed by atoms with E-state index in [-0.39, 0.29) is 29.0 Å². The van der Waals surface area contributed by atoms with E-state index >= 15 is 0 Å². The van der Waals surface area contributed by atoms with Gasteiger partial charge >= 0.3 is 21.6 Å². The number of allylic oxidation sites excluding steroid dienone is 1. The molecule has 9 atom stereocenters. The van der Waals surface area contributed by atoms with Gasteiger partial charge in [-0.25, -0.2) is 28.9 Å². The van der Waals surface area contributed by atoms with E-state index in [1.165, 1.54) is 23.4 Å². The SMILES string of the molecule is NC(=O)C1=CN([C@@H]2O[C@H](COP(=O)(O)OP(=O)(O)OC[C@@]3(C(=O)O)O[C@@H](n4cnc5c(N)ncnc54)[C@@H](O)C3(O)O)[C@@H](O)[C@H]2O)C=CC1. The number of carboxylic acid groups (broad SMARTS) is 1. The standard InChI is InChI=1S/C22H29N7O17P2/c23-15-11-17(26-7-25-15)29(8-27-11)19-14(32)22(36,37)21(45-19,20(34)35)6-43-48(40,41)46-47(38,39)42-5-10-12(30)13(31)18(44-10)28-3-1-2-9(4-28)16(24)33/h1,3-4,7-8,10,12-14,18-19,30-32,36-37H,2,5-6H2,(H2,24,33)(H,34,35)(H,38,39)(H,40,41)(H2,23,25,26)/t10-,12-,13-,14-,18-,19-,21+/m1/s1. The van der Waals surface area contributed by atoms with E-state index in [0.29, 0.717) is 0 Å². The molecule has 0 bridgehead atoms. The fourth-order valence-corrected chi connectivity index (χ4v) is 7.10. The number of imidazole rings is 1. The predicted molar refractivity (Wildman–Crippen MR) is 150 cm³/mol. The number of aliphatic carboxylic acids is 1. The Kier molecular flexibility index (Phi) is 9.54. The number of rotatable bonds is 12. The third-order valence-corrected chi connectivity index (χ3v) is 10.1. The number of fused-ring (bicyclic) bond motifs is 1. The van der Waals surface area contributed by atoms with Crippen molar-refractivity contribution >= 4 is 44.5 Å². The first-order valence-corrected chi connectivity index (χ1v) is 16.4. The molecule has 2 aromatic heterocycles. The van der Waals surface area contributed by atoms with Gasteiger partial charge in [0, 0.05) is 18.0 Å². The largest absolute Gasteiger partial charge is 0.481 e. The minimum absolute atomic E-state index is 0.0382. The summed E-state index contributed by atoms with van der Waals surface area (Å²) in [7, 11) is -11.5. The van der Waals surface area contributed by atoms with Crippen LogP contribution in [-0.4, -0.2) is 132 Å². The highest BCUT2D eigenvalue weighted by Crippen LogP contribution is 2.61. The molecule has 2 saturated heterocycles. The van der Waals surface area contributed by atoms with Crippen molar-refractivity contribution in [2.24, 2.45) is 5.73 Å². The van der Waals surface area contributed by atoms with Crippen LogP contribution in [0.25, 0.3) is 11.2 Å². The molecule has 5 rings (SSSR count). The molecule has 0 radical (unpaired) electrons. The highest BCUT2D eigenvalue weighted by atomic mass is 31.3. The number of primary amides is 1.